The maximum Gasteiger partial charge on any atom is 0.237 e. The molecule has 1 saturated carbocycles. The molecule has 1 aromatic rings. The van der Waals surface area contributed by atoms with Crippen LogP contribution in [0.15, 0.2) is 29.2 Å². The lowest BCUT2D eigenvalue weighted by atomic mass is 10.2. The van der Waals surface area contributed by atoms with Crippen LogP contribution in [-0.4, -0.2) is 65.6 Å². The van der Waals surface area contributed by atoms with Gasteiger partial charge in [0.25, 0.3) is 0 Å². The van der Waals surface area contributed by atoms with Crippen molar-refractivity contribution in [2.24, 2.45) is 0 Å². The first-order chi connectivity index (χ1) is 12.0. The zero-order valence-corrected chi connectivity index (χ0v) is 15.2. The topological polar surface area (TPSA) is 52.7 Å². The van der Waals surface area contributed by atoms with E-state index in [0.29, 0.717) is 38.0 Å². The second-order valence-electron chi connectivity index (χ2n) is 6.62. The maximum atomic E-state index is 12.9. The molecule has 1 N–H and O–H groups in total. The number of amides is 2. The van der Waals surface area contributed by atoms with Crippen molar-refractivity contribution in [2.75, 3.05) is 31.9 Å². The Labute approximate surface area is 151 Å². The third kappa shape index (κ3) is 5.19. The molecule has 1 saturated heterocycles. The van der Waals surface area contributed by atoms with Gasteiger partial charge in [-0.1, -0.05) is 0 Å². The highest BCUT2D eigenvalue weighted by Gasteiger charge is 2.30. The lowest BCUT2D eigenvalue weighted by molar-refractivity contribution is -0.131. The molecule has 1 aromatic carbocycles. The fourth-order valence-corrected chi connectivity index (χ4v) is 3.64. The summed E-state index contributed by atoms with van der Waals surface area (Å²) in [6.45, 7) is 4.64. The Bertz CT molecular complexity index is 613. The molecule has 136 valence electrons. The van der Waals surface area contributed by atoms with Crippen molar-refractivity contribution in [3.05, 3.63) is 30.1 Å². The Hall–Kier alpha value is -1.60. The van der Waals surface area contributed by atoms with Gasteiger partial charge < -0.3 is 10.2 Å². The lowest BCUT2D eigenvalue weighted by Crippen LogP contribution is -2.55. The summed E-state index contributed by atoms with van der Waals surface area (Å²) in [4.78, 5) is 29.3. The number of carbonyl (C=O) groups excluding carboxylic acids is 2. The summed E-state index contributed by atoms with van der Waals surface area (Å²) in [5, 5.41) is 3.04. The van der Waals surface area contributed by atoms with Gasteiger partial charge in [0.2, 0.25) is 11.8 Å². The van der Waals surface area contributed by atoms with Crippen molar-refractivity contribution in [1.82, 2.24) is 15.1 Å². The van der Waals surface area contributed by atoms with Gasteiger partial charge >= 0.3 is 0 Å². The minimum atomic E-state index is -0.272. The van der Waals surface area contributed by atoms with Crippen LogP contribution in [0.4, 0.5) is 4.39 Å². The van der Waals surface area contributed by atoms with Crippen LogP contribution < -0.4 is 5.32 Å². The molecular formula is C18H24FN3O2S. The number of benzene rings is 1. The van der Waals surface area contributed by atoms with Crippen molar-refractivity contribution in [3.63, 3.8) is 0 Å². The smallest absolute Gasteiger partial charge is 0.237 e. The van der Waals surface area contributed by atoms with Crippen LogP contribution in [0, 0.1) is 5.82 Å². The number of nitrogens with zero attached hydrogens (tertiary/aromatic N) is 2. The van der Waals surface area contributed by atoms with E-state index in [9.17, 15) is 14.0 Å². The van der Waals surface area contributed by atoms with E-state index in [1.165, 1.54) is 23.9 Å². The van der Waals surface area contributed by atoms with Crippen LogP contribution in [-0.2, 0) is 9.59 Å². The van der Waals surface area contributed by atoms with E-state index in [2.05, 4.69) is 10.2 Å². The van der Waals surface area contributed by atoms with Gasteiger partial charge in [-0.05, 0) is 44.0 Å². The molecule has 1 heterocycles. The van der Waals surface area contributed by atoms with E-state index in [0.717, 1.165) is 17.7 Å². The SMILES string of the molecule is C[C@H](C(=O)NC1CC1)N1CCN(C(=O)CSc2ccc(F)cc2)CC1. The van der Waals surface area contributed by atoms with Gasteiger partial charge in [-0.15, -0.1) is 11.8 Å². The number of piperazine rings is 1. The van der Waals surface area contributed by atoms with Crippen molar-refractivity contribution in [3.8, 4) is 0 Å². The van der Waals surface area contributed by atoms with Crippen molar-refractivity contribution < 1.29 is 14.0 Å². The van der Waals surface area contributed by atoms with Gasteiger partial charge in [0, 0.05) is 37.1 Å². The quantitative estimate of drug-likeness (QED) is 0.780. The first-order valence-electron chi connectivity index (χ1n) is 8.73. The second kappa shape index (κ2) is 8.19. The molecule has 0 aromatic heterocycles. The molecule has 1 aliphatic carbocycles. The summed E-state index contributed by atoms with van der Waals surface area (Å²) in [6, 6.07) is 6.41. The average Bonchev–Trinajstić information content (AvgIpc) is 3.44. The van der Waals surface area contributed by atoms with E-state index >= 15 is 0 Å². The van der Waals surface area contributed by atoms with Crippen LogP contribution in [0.25, 0.3) is 0 Å². The Balaban J connectivity index is 1.40. The highest BCUT2D eigenvalue weighted by molar-refractivity contribution is 8.00. The number of nitrogens with one attached hydrogen (secondary N) is 1. The summed E-state index contributed by atoms with van der Waals surface area (Å²) < 4.78 is 12.9. The third-order valence-electron chi connectivity index (χ3n) is 4.69. The number of hydrogen-bond donors (Lipinski definition) is 1. The lowest BCUT2D eigenvalue weighted by Gasteiger charge is -2.37. The second-order valence-corrected chi connectivity index (χ2v) is 7.67. The van der Waals surface area contributed by atoms with E-state index in [4.69, 9.17) is 0 Å². The van der Waals surface area contributed by atoms with Gasteiger partial charge in [0.1, 0.15) is 5.82 Å². The largest absolute Gasteiger partial charge is 0.352 e. The molecule has 25 heavy (non-hydrogen) atoms. The standard InChI is InChI=1S/C18H24FN3O2S/c1-13(18(24)20-15-4-5-15)21-8-10-22(11-9-21)17(23)12-25-16-6-2-14(19)3-7-16/h2-3,6-7,13,15H,4-5,8-12H2,1H3,(H,20,24)/t13-/m1/s1. The fourth-order valence-electron chi connectivity index (χ4n) is 2.84. The summed E-state index contributed by atoms with van der Waals surface area (Å²) in [5.41, 5.74) is 0. The Morgan fingerprint density at radius 3 is 2.44 bits per heavy atom. The van der Waals surface area contributed by atoms with Gasteiger partial charge in [-0.25, -0.2) is 4.39 Å². The fraction of sp³-hybridized carbons (Fsp3) is 0.556. The zero-order chi connectivity index (χ0) is 17.8. The number of thioether (sulfide) groups is 1. The van der Waals surface area contributed by atoms with Crippen LogP contribution in [0.5, 0.6) is 0 Å². The number of carbonyl (C=O) groups is 2. The number of rotatable bonds is 6. The van der Waals surface area contributed by atoms with E-state index < -0.39 is 0 Å². The molecule has 7 heteroatoms. The monoisotopic (exact) mass is 365 g/mol. The third-order valence-corrected chi connectivity index (χ3v) is 5.69. The summed E-state index contributed by atoms with van der Waals surface area (Å²) in [5.74, 6) is 0.258. The molecular weight excluding hydrogens is 341 g/mol. The summed E-state index contributed by atoms with van der Waals surface area (Å²) in [7, 11) is 0. The molecule has 2 amide bonds. The minimum Gasteiger partial charge on any atom is -0.352 e. The van der Waals surface area contributed by atoms with Crippen molar-refractivity contribution in [1.29, 1.82) is 0 Å². The van der Waals surface area contributed by atoms with E-state index in [-0.39, 0.29) is 23.7 Å². The highest BCUT2D eigenvalue weighted by atomic mass is 32.2. The maximum absolute atomic E-state index is 12.9. The number of halogens is 1. The van der Waals surface area contributed by atoms with Crippen LogP contribution in [0.2, 0.25) is 0 Å². The molecule has 1 aliphatic heterocycles. The zero-order valence-electron chi connectivity index (χ0n) is 14.4. The molecule has 2 fully saturated rings. The molecule has 1 atom stereocenters. The molecule has 0 bridgehead atoms. The van der Waals surface area contributed by atoms with E-state index in [1.54, 1.807) is 12.1 Å². The van der Waals surface area contributed by atoms with Crippen molar-refractivity contribution in [2.45, 2.75) is 36.7 Å². The normalized spacial score (nSPS) is 19.5. The van der Waals surface area contributed by atoms with Crippen LogP contribution in [0.3, 0.4) is 0 Å². The first kappa shape index (κ1) is 18.2. The van der Waals surface area contributed by atoms with Crippen LogP contribution in [0.1, 0.15) is 19.8 Å². The number of hydrogen-bond acceptors (Lipinski definition) is 4. The molecule has 3 rings (SSSR count). The molecule has 0 radical (unpaired) electrons. The summed E-state index contributed by atoms with van der Waals surface area (Å²) >= 11 is 1.42. The van der Waals surface area contributed by atoms with E-state index in [1.807, 2.05) is 11.8 Å². The molecule has 5 nitrogen and oxygen atoms in total. The van der Waals surface area contributed by atoms with Gasteiger partial charge in [-0.2, -0.15) is 0 Å². The van der Waals surface area contributed by atoms with Gasteiger partial charge in [0.05, 0.1) is 11.8 Å². The first-order valence-corrected chi connectivity index (χ1v) is 9.72. The molecule has 2 aliphatic rings. The highest BCUT2D eigenvalue weighted by Crippen LogP contribution is 2.20. The van der Waals surface area contributed by atoms with Gasteiger partial charge in [0.15, 0.2) is 0 Å². The van der Waals surface area contributed by atoms with Crippen molar-refractivity contribution >= 4 is 23.6 Å². The average molecular weight is 365 g/mol. The Kier molecular flexibility index (Phi) is 5.96. The Morgan fingerprint density at radius 2 is 1.84 bits per heavy atom. The van der Waals surface area contributed by atoms with Crippen LogP contribution >= 0.6 is 11.8 Å². The Morgan fingerprint density at radius 1 is 1.20 bits per heavy atom. The molecule has 0 spiro atoms. The van der Waals surface area contributed by atoms with Gasteiger partial charge in [-0.3, -0.25) is 14.5 Å². The predicted molar refractivity (Wildman–Crippen MR) is 95.9 cm³/mol. The molecule has 0 unspecified atom stereocenters. The summed E-state index contributed by atoms with van der Waals surface area (Å²) in [6.07, 6.45) is 2.18. The predicted octanol–water partition coefficient (Wildman–Crippen LogP) is 1.73. The minimum absolute atomic E-state index is 0.0871.